The summed E-state index contributed by atoms with van der Waals surface area (Å²) in [6.45, 7) is 3.78. The molecule has 0 unspecified atom stereocenters. The predicted octanol–water partition coefficient (Wildman–Crippen LogP) is 1.51. The number of anilines is 1. The predicted molar refractivity (Wildman–Crippen MR) is 70.5 cm³/mol. The topological polar surface area (TPSA) is 80.9 Å². The van der Waals surface area contributed by atoms with E-state index >= 15 is 0 Å². The molecule has 0 aliphatic heterocycles. The summed E-state index contributed by atoms with van der Waals surface area (Å²) in [5.74, 6) is 0.176. The van der Waals surface area contributed by atoms with E-state index in [1.54, 1.807) is 12.1 Å². The van der Waals surface area contributed by atoms with Crippen molar-refractivity contribution < 1.29 is 4.79 Å². The van der Waals surface area contributed by atoms with Gasteiger partial charge in [-0.2, -0.15) is 5.10 Å². The lowest BCUT2D eigenvalue weighted by Gasteiger charge is -2.28. The molecular weight excluding hydrogens is 236 g/mol. The van der Waals surface area contributed by atoms with Crippen molar-refractivity contribution >= 4 is 28.9 Å². The fourth-order valence-electron chi connectivity index (χ4n) is 1.64. The Balaban J connectivity index is 2.91. The van der Waals surface area contributed by atoms with Gasteiger partial charge in [0.2, 0.25) is 5.91 Å². The Bertz CT molecular complexity index is 403. The maximum atomic E-state index is 12.2. The van der Waals surface area contributed by atoms with Gasteiger partial charge in [0.05, 0.1) is 10.4 Å². The van der Waals surface area contributed by atoms with E-state index in [-0.39, 0.29) is 10.9 Å². The molecule has 5 nitrogen and oxygen atoms in total. The van der Waals surface area contributed by atoms with E-state index in [4.69, 9.17) is 18.0 Å². The molecule has 0 saturated carbocycles. The van der Waals surface area contributed by atoms with Crippen molar-refractivity contribution in [3.05, 3.63) is 18.3 Å². The number of rotatable bonds is 5. The summed E-state index contributed by atoms with van der Waals surface area (Å²) in [6, 6.07) is 3.36. The Morgan fingerprint density at radius 3 is 2.59 bits per heavy atom. The zero-order chi connectivity index (χ0) is 12.9. The molecule has 1 aromatic heterocycles. The van der Waals surface area contributed by atoms with E-state index in [0.717, 1.165) is 0 Å². The number of thiocarbonyl (C=S) groups is 1. The first kappa shape index (κ1) is 13.5. The van der Waals surface area contributed by atoms with E-state index in [9.17, 15) is 4.79 Å². The van der Waals surface area contributed by atoms with Gasteiger partial charge in [-0.25, -0.2) is 0 Å². The quantitative estimate of drug-likeness (QED) is 0.776. The fraction of sp³-hybridized carbons (Fsp3) is 0.455. The lowest BCUT2D eigenvalue weighted by molar-refractivity contribution is -0.122. The van der Waals surface area contributed by atoms with E-state index in [1.807, 2.05) is 13.8 Å². The van der Waals surface area contributed by atoms with Crippen LogP contribution in [-0.4, -0.2) is 21.1 Å². The van der Waals surface area contributed by atoms with Crippen LogP contribution in [0.15, 0.2) is 18.3 Å². The molecular formula is C11H16N4OS. The summed E-state index contributed by atoms with van der Waals surface area (Å²) < 4.78 is 0. The third-order valence-electron chi connectivity index (χ3n) is 2.93. The highest BCUT2D eigenvalue weighted by molar-refractivity contribution is 7.80. The van der Waals surface area contributed by atoms with Crippen molar-refractivity contribution in [3.8, 4) is 0 Å². The minimum atomic E-state index is -0.813. The second kappa shape index (κ2) is 5.67. The van der Waals surface area contributed by atoms with Gasteiger partial charge in [0.15, 0.2) is 5.82 Å². The zero-order valence-corrected chi connectivity index (χ0v) is 10.8. The van der Waals surface area contributed by atoms with Crippen molar-refractivity contribution in [2.24, 2.45) is 11.1 Å². The molecule has 17 heavy (non-hydrogen) atoms. The number of aromatic nitrogens is 2. The van der Waals surface area contributed by atoms with Crippen LogP contribution >= 0.6 is 12.2 Å². The first-order valence-electron chi connectivity index (χ1n) is 5.46. The Labute approximate surface area is 106 Å². The number of nitrogens with one attached hydrogen (secondary N) is 1. The Hall–Kier alpha value is -1.56. The maximum Gasteiger partial charge on any atom is 0.238 e. The van der Waals surface area contributed by atoms with Crippen molar-refractivity contribution in [1.29, 1.82) is 0 Å². The van der Waals surface area contributed by atoms with Gasteiger partial charge in [0.25, 0.3) is 0 Å². The fourth-order valence-corrected chi connectivity index (χ4v) is 2.02. The van der Waals surface area contributed by atoms with Gasteiger partial charge in [-0.15, -0.1) is 5.10 Å². The molecule has 3 N–H and O–H groups in total. The molecule has 1 aromatic rings. The first-order chi connectivity index (χ1) is 8.06. The highest BCUT2D eigenvalue weighted by Gasteiger charge is 2.38. The molecule has 0 bridgehead atoms. The molecule has 0 aliphatic carbocycles. The van der Waals surface area contributed by atoms with Crippen LogP contribution in [0.1, 0.15) is 26.7 Å². The Morgan fingerprint density at radius 1 is 1.53 bits per heavy atom. The molecule has 1 heterocycles. The van der Waals surface area contributed by atoms with Gasteiger partial charge in [-0.3, -0.25) is 4.79 Å². The molecule has 0 aliphatic rings. The molecule has 0 atom stereocenters. The van der Waals surface area contributed by atoms with Crippen LogP contribution in [0.3, 0.4) is 0 Å². The van der Waals surface area contributed by atoms with Crippen molar-refractivity contribution in [2.75, 3.05) is 5.32 Å². The van der Waals surface area contributed by atoms with Crippen LogP contribution in [0, 0.1) is 5.41 Å². The third kappa shape index (κ3) is 2.76. The summed E-state index contributed by atoms with van der Waals surface area (Å²) in [5.41, 5.74) is 4.87. The largest absolute Gasteiger partial charge is 0.392 e. The summed E-state index contributed by atoms with van der Waals surface area (Å²) in [6.07, 6.45) is 2.66. The van der Waals surface area contributed by atoms with Crippen LogP contribution in [0.5, 0.6) is 0 Å². The summed E-state index contributed by atoms with van der Waals surface area (Å²) in [4.78, 5) is 12.4. The van der Waals surface area contributed by atoms with E-state index in [0.29, 0.717) is 18.7 Å². The lowest BCUT2D eigenvalue weighted by Crippen LogP contribution is -2.45. The second-order valence-corrected chi connectivity index (χ2v) is 4.16. The van der Waals surface area contributed by atoms with Gasteiger partial charge in [0, 0.05) is 6.20 Å². The van der Waals surface area contributed by atoms with Gasteiger partial charge in [-0.1, -0.05) is 26.1 Å². The maximum absolute atomic E-state index is 12.2. The Morgan fingerprint density at radius 2 is 2.18 bits per heavy atom. The van der Waals surface area contributed by atoms with E-state index in [2.05, 4.69) is 15.5 Å². The molecule has 0 fully saturated rings. The molecule has 6 heteroatoms. The van der Waals surface area contributed by atoms with Crippen molar-refractivity contribution in [2.45, 2.75) is 26.7 Å². The number of carbonyl (C=O) groups is 1. The molecule has 1 amide bonds. The van der Waals surface area contributed by atoms with Crippen LogP contribution < -0.4 is 11.1 Å². The van der Waals surface area contributed by atoms with E-state index in [1.165, 1.54) is 6.20 Å². The van der Waals surface area contributed by atoms with Gasteiger partial charge in [0.1, 0.15) is 0 Å². The first-order valence-corrected chi connectivity index (χ1v) is 5.86. The van der Waals surface area contributed by atoms with Crippen molar-refractivity contribution in [1.82, 2.24) is 10.2 Å². The number of nitrogens with two attached hydrogens (primary N) is 1. The van der Waals surface area contributed by atoms with Crippen LogP contribution in [-0.2, 0) is 4.79 Å². The summed E-state index contributed by atoms with van der Waals surface area (Å²) in [5, 5.41) is 10.2. The average molecular weight is 252 g/mol. The molecule has 1 rings (SSSR count). The van der Waals surface area contributed by atoms with Crippen LogP contribution in [0.25, 0.3) is 0 Å². The SMILES string of the molecule is CCC(CC)(C(=O)Nc1cccnn1)C(N)=S. The van der Waals surface area contributed by atoms with Crippen LogP contribution in [0.4, 0.5) is 5.82 Å². The van der Waals surface area contributed by atoms with Gasteiger partial charge < -0.3 is 11.1 Å². The number of hydrogen-bond acceptors (Lipinski definition) is 4. The monoisotopic (exact) mass is 252 g/mol. The zero-order valence-electron chi connectivity index (χ0n) is 9.93. The minimum absolute atomic E-state index is 0.212. The molecule has 0 spiro atoms. The average Bonchev–Trinajstić information content (AvgIpc) is 2.32. The normalized spacial score (nSPS) is 10.9. The number of nitrogens with zero attached hydrogens (tertiary/aromatic N) is 2. The highest BCUT2D eigenvalue weighted by Crippen LogP contribution is 2.28. The third-order valence-corrected chi connectivity index (χ3v) is 3.32. The lowest BCUT2D eigenvalue weighted by atomic mass is 9.81. The number of carbonyl (C=O) groups excluding carboxylic acids is 1. The summed E-state index contributed by atoms with van der Waals surface area (Å²) in [7, 11) is 0. The number of hydrogen-bond donors (Lipinski definition) is 2. The minimum Gasteiger partial charge on any atom is -0.392 e. The van der Waals surface area contributed by atoms with Gasteiger partial charge in [-0.05, 0) is 25.0 Å². The Kier molecular flexibility index (Phi) is 4.51. The molecule has 0 radical (unpaired) electrons. The molecule has 0 aromatic carbocycles. The van der Waals surface area contributed by atoms with E-state index < -0.39 is 5.41 Å². The standard InChI is InChI=1S/C11H16N4OS/c1-3-11(4-2,9(12)17)10(16)14-8-6-5-7-13-15-8/h5-7H,3-4H2,1-2H3,(H2,12,17)(H,14,15,16). The molecule has 92 valence electrons. The van der Waals surface area contributed by atoms with Gasteiger partial charge >= 0.3 is 0 Å². The summed E-state index contributed by atoms with van der Waals surface area (Å²) >= 11 is 5.00. The smallest absolute Gasteiger partial charge is 0.238 e. The van der Waals surface area contributed by atoms with Crippen molar-refractivity contribution in [3.63, 3.8) is 0 Å². The highest BCUT2D eigenvalue weighted by atomic mass is 32.1. The second-order valence-electron chi connectivity index (χ2n) is 3.72. The molecule has 0 saturated heterocycles. The van der Waals surface area contributed by atoms with Crippen LogP contribution in [0.2, 0.25) is 0 Å². The number of amides is 1.